The Morgan fingerprint density at radius 2 is 1.88 bits per heavy atom. The second kappa shape index (κ2) is 8.53. The summed E-state index contributed by atoms with van der Waals surface area (Å²) in [5, 5.41) is 3.24. The molecule has 134 valence electrons. The maximum Gasteiger partial charge on any atom is 0.327 e. The number of rotatable bonds is 5. The molecule has 1 aliphatic heterocycles. The summed E-state index contributed by atoms with van der Waals surface area (Å²) in [6.45, 7) is 6.70. The molecule has 0 atom stereocenters. The van der Waals surface area contributed by atoms with E-state index in [0.29, 0.717) is 23.8 Å². The Morgan fingerprint density at radius 1 is 1.20 bits per heavy atom. The third-order valence-corrected chi connectivity index (χ3v) is 4.02. The van der Waals surface area contributed by atoms with Gasteiger partial charge in [-0.3, -0.25) is 19.8 Å². The lowest BCUT2D eigenvalue weighted by Gasteiger charge is -2.16. The first-order valence-corrected chi connectivity index (χ1v) is 8.33. The van der Waals surface area contributed by atoms with Crippen LogP contribution >= 0.6 is 11.6 Å². The van der Waals surface area contributed by atoms with Gasteiger partial charge in [-0.25, -0.2) is 0 Å². The second-order valence-electron chi connectivity index (χ2n) is 5.87. The van der Waals surface area contributed by atoms with Crippen LogP contribution in [0.3, 0.4) is 0 Å². The van der Waals surface area contributed by atoms with Gasteiger partial charge in [0.15, 0.2) is 0 Å². The molecule has 3 amide bonds. The highest BCUT2D eigenvalue weighted by Gasteiger charge is 2.24. The average Bonchev–Trinajstić information content (AvgIpc) is 3.09. The molecule has 0 radical (unpaired) electrons. The first-order chi connectivity index (χ1) is 11.9. The number of nitrogens with one attached hydrogen (secondary N) is 3. The van der Waals surface area contributed by atoms with Gasteiger partial charge in [0.2, 0.25) is 5.91 Å². The van der Waals surface area contributed by atoms with Gasteiger partial charge in [-0.2, -0.15) is 0 Å². The molecule has 1 aromatic rings. The number of hydrogen-bond acceptors (Lipinski definition) is 4. The van der Waals surface area contributed by atoms with Crippen molar-refractivity contribution in [1.82, 2.24) is 15.8 Å². The zero-order valence-electron chi connectivity index (χ0n) is 14.0. The highest BCUT2D eigenvalue weighted by molar-refractivity contribution is 6.34. The van der Waals surface area contributed by atoms with Crippen LogP contribution in [0, 0.1) is 6.92 Å². The molecule has 1 aromatic carbocycles. The van der Waals surface area contributed by atoms with Crippen LogP contribution in [0.25, 0.3) is 0 Å². The van der Waals surface area contributed by atoms with E-state index >= 15 is 0 Å². The van der Waals surface area contributed by atoms with Crippen molar-refractivity contribution in [2.45, 2.75) is 26.2 Å². The molecule has 0 bridgehead atoms. The van der Waals surface area contributed by atoms with Gasteiger partial charge in [0.1, 0.15) is 0 Å². The Bertz CT molecular complexity index is 699. The second-order valence-corrected chi connectivity index (χ2v) is 6.30. The number of halogens is 1. The molecular weight excluding hydrogens is 344 g/mol. The lowest BCUT2D eigenvalue weighted by Crippen LogP contribution is -2.47. The summed E-state index contributed by atoms with van der Waals surface area (Å²) in [5.41, 5.74) is 6.52. The number of carbonyl (C=O) groups is 3. The minimum absolute atomic E-state index is 0.0653. The van der Waals surface area contributed by atoms with Gasteiger partial charge in [0.05, 0.1) is 6.42 Å². The maximum absolute atomic E-state index is 12.0. The van der Waals surface area contributed by atoms with Crippen molar-refractivity contribution >= 4 is 35.0 Å². The average molecular weight is 365 g/mol. The molecule has 8 heteroatoms. The highest BCUT2D eigenvalue weighted by atomic mass is 35.5. The lowest BCUT2D eigenvalue weighted by molar-refractivity contribution is -0.145. The Labute approximate surface area is 151 Å². The summed E-state index contributed by atoms with van der Waals surface area (Å²) in [4.78, 5) is 37.1. The third-order valence-electron chi connectivity index (χ3n) is 3.79. The van der Waals surface area contributed by atoms with Crippen molar-refractivity contribution in [3.05, 3.63) is 41.1 Å². The fourth-order valence-electron chi connectivity index (χ4n) is 2.42. The fraction of sp³-hybridized carbons (Fsp3) is 0.353. The predicted molar refractivity (Wildman–Crippen MR) is 95.7 cm³/mol. The van der Waals surface area contributed by atoms with Crippen molar-refractivity contribution < 1.29 is 14.4 Å². The van der Waals surface area contributed by atoms with Gasteiger partial charge in [-0.1, -0.05) is 24.2 Å². The molecule has 0 aliphatic carbocycles. The minimum Gasteiger partial charge on any atom is -0.334 e. The van der Waals surface area contributed by atoms with E-state index in [2.05, 4.69) is 22.7 Å². The van der Waals surface area contributed by atoms with Gasteiger partial charge in [0, 0.05) is 29.5 Å². The van der Waals surface area contributed by atoms with Crippen molar-refractivity contribution in [1.29, 1.82) is 0 Å². The smallest absolute Gasteiger partial charge is 0.327 e. The van der Waals surface area contributed by atoms with Crippen LogP contribution in [0.15, 0.2) is 30.5 Å². The summed E-state index contributed by atoms with van der Waals surface area (Å²) >= 11 is 5.91. The van der Waals surface area contributed by atoms with Crippen LogP contribution in [0.1, 0.15) is 24.8 Å². The van der Waals surface area contributed by atoms with E-state index in [1.54, 1.807) is 18.2 Å². The number of hydrazine groups is 1. The number of benzene rings is 1. The fourth-order valence-corrected chi connectivity index (χ4v) is 2.60. The lowest BCUT2D eigenvalue weighted by atomic mass is 10.2. The molecule has 25 heavy (non-hydrogen) atoms. The summed E-state index contributed by atoms with van der Waals surface area (Å²) in [7, 11) is 0. The number of amides is 3. The van der Waals surface area contributed by atoms with E-state index in [9.17, 15) is 14.4 Å². The topological polar surface area (TPSA) is 90.5 Å². The number of nitrogens with zero attached hydrogens (tertiary/aromatic N) is 1. The molecule has 0 saturated carbocycles. The van der Waals surface area contributed by atoms with Crippen LogP contribution in [-0.2, 0) is 14.4 Å². The predicted octanol–water partition coefficient (Wildman–Crippen LogP) is 1.73. The largest absolute Gasteiger partial charge is 0.334 e. The van der Waals surface area contributed by atoms with Crippen molar-refractivity contribution in [2.24, 2.45) is 0 Å². The summed E-state index contributed by atoms with van der Waals surface area (Å²) in [5.74, 6) is -1.67. The van der Waals surface area contributed by atoms with E-state index in [0.717, 1.165) is 18.4 Å². The molecular formula is C17H21ClN4O3. The Kier molecular flexibility index (Phi) is 6.41. The van der Waals surface area contributed by atoms with Crippen molar-refractivity contribution in [2.75, 3.05) is 18.4 Å². The zero-order chi connectivity index (χ0) is 18.4. The quantitative estimate of drug-likeness (QED) is 0.548. The molecule has 1 saturated heterocycles. The summed E-state index contributed by atoms with van der Waals surface area (Å²) in [6, 6.07) is 5.19. The minimum atomic E-state index is -0.769. The molecule has 2 rings (SSSR count). The molecule has 3 N–H and O–H groups in total. The van der Waals surface area contributed by atoms with Crippen molar-refractivity contribution in [3.63, 3.8) is 0 Å². The molecule has 1 aliphatic rings. The molecule has 0 spiro atoms. The zero-order valence-corrected chi connectivity index (χ0v) is 14.8. The normalized spacial score (nSPS) is 13.3. The van der Waals surface area contributed by atoms with Gasteiger partial charge in [0.25, 0.3) is 0 Å². The Balaban J connectivity index is 1.77. The van der Waals surface area contributed by atoms with E-state index in [1.165, 1.54) is 4.90 Å². The van der Waals surface area contributed by atoms with Crippen LogP contribution < -0.4 is 16.2 Å². The number of hydrogen-bond donors (Lipinski definition) is 3. The van der Waals surface area contributed by atoms with E-state index in [-0.39, 0.29) is 18.0 Å². The van der Waals surface area contributed by atoms with Crippen LogP contribution in [-0.4, -0.2) is 35.7 Å². The maximum atomic E-state index is 12.0. The Morgan fingerprint density at radius 3 is 2.56 bits per heavy atom. The number of aryl methyl sites for hydroxylation is 1. The molecule has 7 nitrogen and oxygen atoms in total. The van der Waals surface area contributed by atoms with Crippen LogP contribution in [0.5, 0.6) is 0 Å². The third kappa shape index (κ3) is 5.49. The van der Waals surface area contributed by atoms with Gasteiger partial charge < -0.3 is 15.6 Å². The van der Waals surface area contributed by atoms with Gasteiger partial charge in [-0.05, 0) is 37.5 Å². The highest BCUT2D eigenvalue weighted by Crippen LogP contribution is 2.20. The summed E-state index contributed by atoms with van der Waals surface area (Å²) < 4.78 is 0. The van der Waals surface area contributed by atoms with E-state index in [1.807, 2.05) is 6.92 Å². The van der Waals surface area contributed by atoms with E-state index in [4.69, 9.17) is 11.6 Å². The van der Waals surface area contributed by atoms with Gasteiger partial charge >= 0.3 is 11.8 Å². The van der Waals surface area contributed by atoms with Crippen LogP contribution in [0.4, 0.5) is 5.69 Å². The van der Waals surface area contributed by atoms with E-state index < -0.39 is 11.8 Å². The molecule has 1 heterocycles. The standard InChI is InChI=1S/C17H21ClN4O3/c1-11-5-6-13(18)10-14(11)19-15(23)9-12(2)20-21-16(24)17(25)22-7-3-4-8-22/h5-6,10,20H,2-4,7-9H2,1H3,(H,19,23)(H,21,24). The SMILES string of the molecule is C=C(CC(=O)Nc1cc(Cl)ccc1C)NNC(=O)C(=O)N1CCCC1. The van der Waals surface area contributed by atoms with Crippen molar-refractivity contribution in [3.8, 4) is 0 Å². The number of carbonyl (C=O) groups excluding carboxylic acids is 3. The van der Waals surface area contributed by atoms with Crippen LogP contribution in [0.2, 0.25) is 5.02 Å². The van der Waals surface area contributed by atoms with Gasteiger partial charge in [-0.15, -0.1) is 0 Å². The molecule has 1 fully saturated rings. The molecule has 0 aromatic heterocycles. The Hall–Kier alpha value is -2.54. The number of anilines is 1. The number of likely N-dealkylation sites (tertiary alicyclic amines) is 1. The monoisotopic (exact) mass is 364 g/mol. The summed E-state index contributed by atoms with van der Waals surface area (Å²) in [6.07, 6.45) is 1.74. The first-order valence-electron chi connectivity index (χ1n) is 7.96. The molecule has 0 unspecified atom stereocenters. The first kappa shape index (κ1) is 18.8.